The molecule has 0 saturated heterocycles. The summed E-state index contributed by atoms with van der Waals surface area (Å²) in [7, 11) is 0. The van der Waals surface area contributed by atoms with Gasteiger partial charge in [-0.05, 0) is 25.7 Å². The van der Waals surface area contributed by atoms with Gasteiger partial charge in [0.25, 0.3) is 6.20 Å². The zero-order valence-corrected chi connectivity index (χ0v) is 9.63. The van der Waals surface area contributed by atoms with Crippen LogP contribution in [0.5, 0.6) is 0 Å². The van der Waals surface area contributed by atoms with E-state index in [2.05, 4.69) is 10.3 Å². The second kappa shape index (κ2) is 6.62. The molecule has 0 aliphatic rings. The van der Waals surface area contributed by atoms with Gasteiger partial charge in [0.05, 0.1) is 0 Å². The average molecular weight is 241 g/mol. The minimum Gasteiger partial charge on any atom is -0.862 e. The lowest BCUT2D eigenvalue weighted by atomic mass is 10.2. The van der Waals surface area contributed by atoms with Gasteiger partial charge in [-0.3, -0.25) is 9.32 Å². The summed E-state index contributed by atoms with van der Waals surface area (Å²) >= 11 is 0. The summed E-state index contributed by atoms with van der Waals surface area (Å²) in [5.41, 5.74) is 0. The summed E-state index contributed by atoms with van der Waals surface area (Å²) < 4.78 is 6.35. The molecule has 0 fully saturated rings. The molecule has 17 heavy (non-hydrogen) atoms. The highest BCUT2D eigenvalue weighted by atomic mass is 16.5. The molecule has 0 aliphatic carbocycles. The van der Waals surface area contributed by atoms with Crippen molar-refractivity contribution in [2.75, 3.05) is 0 Å². The average Bonchev–Trinajstić information content (AvgIpc) is 2.63. The molecule has 1 heterocycles. The first-order chi connectivity index (χ1) is 8.08. The van der Waals surface area contributed by atoms with Gasteiger partial charge < -0.3 is 10.2 Å². The fourth-order valence-electron chi connectivity index (χ4n) is 1.31. The fourth-order valence-corrected chi connectivity index (χ4v) is 1.31. The summed E-state index contributed by atoms with van der Waals surface area (Å²) in [5, 5.41) is 22.8. The third kappa shape index (κ3) is 5.64. The molecule has 0 saturated carbocycles. The fraction of sp³-hybridized carbons (Fsp3) is 0.600. The van der Waals surface area contributed by atoms with Crippen molar-refractivity contribution >= 4 is 17.8 Å². The van der Waals surface area contributed by atoms with E-state index in [9.17, 15) is 9.90 Å². The molecule has 1 aromatic rings. The van der Waals surface area contributed by atoms with Crippen LogP contribution in [0, 0.1) is 0 Å². The van der Waals surface area contributed by atoms with Crippen molar-refractivity contribution in [3.05, 3.63) is 6.20 Å². The summed E-state index contributed by atoms with van der Waals surface area (Å²) in [5.74, 6) is -0.931. The van der Waals surface area contributed by atoms with Gasteiger partial charge in [-0.25, -0.2) is 4.99 Å². The molecule has 0 aliphatic heterocycles. The smallest absolute Gasteiger partial charge is 0.320 e. The van der Waals surface area contributed by atoms with E-state index in [0.717, 1.165) is 12.8 Å². The molecule has 0 unspecified atom stereocenters. The Labute approximate surface area is 98.4 Å². The van der Waals surface area contributed by atoms with Crippen LogP contribution in [0.1, 0.15) is 32.6 Å². The van der Waals surface area contributed by atoms with Crippen molar-refractivity contribution in [2.24, 2.45) is 4.99 Å². The molecular formula is C10H15N3O4. The van der Waals surface area contributed by atoms with Crippen molar-refractivity contribution in [3.63, 3.8) is 0 Å². The minimum absolute atomic E-state index is 0.183. The van der Waals surface area contributed by atoms with Crippen LogP contribution >= 0.6 is 0 Å². The molecule has 0 spiro atoms. The number of aliphatic imine (C=N–C) groups is 1. The normalized spacial score (nSPS) is 11.7. The summed E-state index contributed by atoms with van der Waals surface area (Å²) in [4.78, 5) is 13.8. The monoisotopic (exact) mass is 241 g/mol. The van der Waals surface area contributed by atoms with Crippen molar-refractivity contribution < 1.29 is 24.2 Å². The minimum atomic E-state index is -0.776. The molecule has 94 valence electrons. The van der Waals surface area contributed by atoms with E-state index in [1.807, 2.05) is 0 Å². The van der Waals surface area contributed by atoms with Gasteiger partial charge >= 0.3 is 11.9 Å². The van der Waals surface area contributed by atoms with E-state index >= 15 is 0 Å². The number of carboxylic acids is 1. The predicted molar refractivity (Wildman–Crippen MR) is 55.6 cm³/mol. The molecule has 1 aromatic heterocycles. The van der Waals surface area contributed by atoms with Crippen LogP contribution < -0.4 is 9.79 Å². The van der Waals surface area contributed by atoms with Gasteiger partial charge in [-0.15, -0.1) is 0 Å². The van der Waals surface area contributed by atoms with Crippen LogP contribution in [0.15, 0.2) is 15.7 Å². The lowest BCUT2D eigenvalue weighted by Gasteiger charge is -1.95. The molecule has 1 rings (SSSR count). The van der Waals surface area contributed by atoms with Gasteiger partial charge in [0.1, 0.15) is 0 Å². The molecule has 0 atom stereocenters. The van der Waals surface area contributed by atoms with Crippen LogP contribution in [-0.4, -0.2) is 22.2 Å². The standard InChI is InChI=1S/C10H15N3O4/c1-8(14)11-9-7-13(12-17-9)6-4-2-3-5-10(15)16/h7H,2-6H2,1H3,(H-,11,12,14,15,16). The zero-order valence-electron chi connectivity index (χ0n) is 9.63. The van der Waals surface area contributed by atoms with Gasteiger partial charge in [-0.2, -0.15) is 0 Å². The van der Waals surface area contributed by atoms with Crippen molar-refractivity contribution in [3.8, 4) is 0 Å². The number of nitrogens with zero attached hydrogens (tertiary/aromatic N) is 3. The third-order valence-corrected chi connectivity index (χ3v) is 2.04. The molecule has 0 radical (unpaired) electrons. The Kier molecular flexibility index (Phi) is 5.12. The quantitative estimate of drug-likeness (QED) is 0.313. The summed E-state index contributed by atoms with van der Waals surface area (Å²) in [6.45, 7) is 1.95. The number of aliphatic carboxylic acids is 1. The molecular weight excluding hydrogens is 226 g/mol. The topological polar surface area (TPSA) is 103 Å². The molecule has 0 bridgehead atoms. The van der Waals surface area contributed by atoms with E-state index in [1.165, 1.54) is 6.92 Å². The number of unbranched alkanes of at least 4 members (excludes halogenated alkanes) is 2. The number of aromatic nitrogens is 2. The first-order valence-corrected chi connectivity index (χ1v) is 5.38. The highest BCUT2D eigenvalue weighted by molar-refractivity contribution is 5.70. The van der Waals surface area contributed by atoms with Crippen LogP contribution in [0.2, 0.25) is 0 Å². The Morgan fingerprint density at radius 2 is 2.35 bits per heavy atom. The van der Waals surface area contributed by atoms with Crippen LogP contribution in [0.4, 0.5) is 5.88 Å². The molecule has 1 N–H and O–H groups in total. The highest BCUT2D eigenvalue weighted by Gasteiger charge is 2.09. The Morgan fingerprint density at radius 1 is 1.59 bits per heavy atom. The van der Waals surface area contributed by atoms with Gasteiger partial charge in [0.2, 0.25) is 5.27 Å². The van der Waals surface area contributed by atoms with Gasteiger partial charge in [-0.1, -0.05) is 4.68 Å². The summed E-state index contributed by atoms with van der Waals surface area (Å²) in [6.07, 6.45) is 4.00. The number of aryl methyl sites for hydroxylation is 1. The lowest BCUT2D eigenvalue weighted by Crippen LogP contribution is -2.34. The number of hydrogen-bond acceptors (Lipinski definition) is 5. The predicted octanol–water partition coefficient (Wildman–Crippen LogP) is 0.0173. The molecule has 0 amide bonds. The van der Waals surface area contributed by atoms with E-state index in [0.29, 0.717) is 13.0 Å². The van der Waals surface area contributed by atoms with E-state index in [4.69, 9.17) is 9.63 Å². The second-order valence-electron chi connectivity index (χ2n) is 3.64. The third-order valence-electron chi connectivity index (χ3n) is 2.04. The van der Waals surface area contributed by atoms with E-state index < -0.39 is 5.97 Å². The Morgan fingerprint density at radius 3 is 3.00 bits per heavy atom. The van der Waals surface area contributed by atoms with Crippen LogP contribution in [0.3, 0.4) is 0 Å². The molecule has 0 aromatic carbocycles. The SMILES string of the molecule is C/C([O-])=N/c1c[n+](CCCCCC(=O)O)no1. The Balaban J connectivity index is 2.26. The zero-order chi connectivity index (χ0) is 12.7. The second-order valence-corrected chi connectivity index (χ2v) is 3.64. The lowest BCUT2D eigenvalue weighted by molar-refractivity contribution is -0.762. The highest BCUT2D eigenvalue weighted by Crippen LogP contribution is 2.06. The first kappa shape index (κ1) is 13.1. The van der Waals surface area contributed by atoms with Crippen LogP contribution in [0.25, 0.3) is 0 Å². The van der Waals surface area contributed by atoms with Gasteiger partial charge in [0.15, 0.2) is 6.54 Å². The maximum absolute atomic E-state index is 10.7. The van der Waals surface area contributed by atoms with E-state index in [-0.39, 0.29) is 18.2 Å². The maximum Gasteiger partial charge on any atom is 0.320 e. The number of hydrogen-bond donors (Lipinski definition) is 1. The largest absolute Gasteiger partial charge is 0.862 e. The number of carbonyl (C=O) groups is 1. The van der Waals surface area contributed by atoms with Crippen LogP contribution in [-0.2, 0) is 11.3 Å². The van der Waals surface area contributed by atoms with E-state index in [1.54, 1.807) is 10.9 Å². The van der Waals surface area contributed by atoms with Crippen molar-refractivity contribution in [2.45, 2.75) is 39.2 Å². The van der Waals surface area contributed by atoms with Crippen molar-refractivity contribution in [1.82, 2.24) is 5.27 Å². The maximum atomic E-state index is 10.7. The van der Waals surface area contributed by atoms with Crippen molar-refractivity contribution in [1.29, 1.82) is 0 Å². The first-order valence-electron chi connectivity index (χ1n) is 5.38. The molecule has 7 nitrogen and oxygen atoms in total. The molecule has 7 heteroatoms. The van der Waals surface area contributed by atoms with Gasteiger partial charge in [0, 0.05) is 12.8 Å². The summed E-state index contributed by atoms with van der Waals surface area (Å²) in [6, 6.07) is 0. The number of carboxylic acid groups (broad SMARTS) is 1. The number of rotatable bonds is 7. The Bertz CT molecular complexity index is 396. The Hall–Kier alpha value is -1.92.